The first-order valence-electron chi connectivity index (χ1n) is 7.47. The van der Waals surface area contributed by atoms with Gasteiger partial charge in [0.15, 0.2) is 0 Å². The van der Waals surface area contributed by atoms with Gasteiger partial charge in [-0.1, -0.05) is 45.9 Å². The fourth-order valence-electron chi connectivity index (χ4n) is 3.44. The molecule has 2 aliphatic rings. The molecule has 1 fully saturated rings. The van der Waals surface area contributed by atoms with E-state index >= 15 is 0 Å². The number of amides is 3. The van der Waals surface area contributed by atoms with Crippen LogP contribution in [0.4, 0.5) is 4.79 Å². The number of benzene rings is 1. The van der Waals surface area contributed by atoms with Gasteiger partial charge in [0.25, 0.3) is 5.91 Å². The van der Waals surface area contributed by atoms with Crippen molar-refractivity contribution in [3.63, 3.8) is 0 Å². The summed E-state index contributed by atoms with van der Waals surface area (Å²) in [6, 6.07) is 5.22. The molecule has 1 saturated heterocycles. The number of imide groups is 1. The van der Waals surface area contributed by atoms with E-state index in [1.165, 1.54) is 11.1 Å². The van der Waals surface area contributed by atoms with Crippen LogP contribution in [0, 0.1) is 0 Å². The van der Waals surface area contributed by atoms with Crippen molar-refractivity contribution in [2.75, 3.05) is 0 Å². The van der Waals surface area contributed by atoms with E-state index in [4.69, 9.17) is 0 Å². The molecule has 0 radical (unpaired) electrons. The van der Waals surface area contributed by atoms with Gasteiger partial charge in [-0.2, -0.15) is 0 Å². The Morgan fingerprint density at radius 3 is 2.19 bits per heavy atom. The first-order chi connectivity index (χ1) is 9.71. The minimum Gasteiger partial charge on any atom is -0.322 e. The van der Waals surface area contributed by atoms with Crippen molar-refractivity contribution in [1.29, 1.82) is 0 Å². The maximum absolute atomic E-state index is 11.8. The molecule has 3 amide bonds. The average Bonchev–Trinajstić information content (AvgIpc) is 2.74. The Morgan fingerprint density at radius 1 is 1.00 bits per heavy atom. The molecule has 1 atom stereocenters. The Kier molecular flexibility index (Phi) is 2.91. The Bertz CT molecular complexity index is 632. The first kappa shape index (κ1) is 14.1. The molecule has 0 spiro atoms. The molecular formula is C17H22N2O2. The Balaban J connectivity index is 2.08. The Morgan fingerprint density at radius 2 is 1.62 bits per heavy atom. The van der Waals surface area contributed by atoms with E-state index in [-0.39, 0.29) is 16.7 Å². The maximum atomic E-state index is 11.8. The molecule has 4 nitrogen and oxygen atoms in total. The molecule has 0 saturated carbocycles. The standard InChI is InChI=1S/C17H22N2O2/c1-16(2)7-8-17(3,4)12-9-10(5-6-11(12)16)13-14(20)19-15(21)18-13/h5-6,9,13H,7-8H2,1-4H3,(H2,18,19,20,21). The lowest BCUT2D eigenvalue weighted by Crippen LogP contribution is -2.34. The summed E-state index contributed by atoms with van der Waals surface area (Å²) in [7, 11) is 0. The number of urea groups is 1. The summed E-state index contributed by atoms with van der Waals surface area (Å²) in [6.07, 6.45) is 2.28. The van der Waals surface area contributed by atoms with E-state index < -0.39 is 12.1 Å². The Labute approximate surface area is 125 Å². The van der Waals surface area contributed by atoms with E-state index in [9.17, 15) is 9.59 Å². The van der Waals surface area contributed by atoms with Gasteiger partial charge in [0.05, 0.1) is 0 Å². The Hall–Kier alpha value is -1.84. The molecule has 21 heavy (non-hydrogen) atoms. The van der Waals surface area contributed by atoms with Crippen LogP contribution in [0.3, 0.4) is 0 Å². The third-order valence-electron chi connectivity index (χ3n) is 4.98. The van der Waals surface area contributed by atoms with Crippen LogP contribution in [-0.4, -0.2) is 11.9 Å². The monoisotopic (exact) mass is 286 g/mol. The third kappa shape index (κ3) is 2.23. The molecule has 1 unspecified atom stereocenters. The quantitative estimate of drug-likeness (QED) is 0.780. The van der Waals surface area contributed by atoms with E-state index in [1.807, 2.05) is 6.07 Å². The SMILES string of the molecule is CC1(C)CCC(C)(C)c2cc(C3NC(=O)NC3=O)ccc21. The number of fused-ring (bicyclic) bond motifs is 1. The normalized spacial score (nSPS) is 26.0. The van der Waals surface area contributed by atoms with Crippen LogP contribution in [0.1, 0.15) is 63.3 Å². The smallest absolute Gasteiger partial charge is 0.322 e. The van der Waals surface area contributed by atoms with Crippen molar-refractivity contribution in [2.24, 2.45) is 0 Å². The van der Waals surface area contributed by atoms with Crippen LogP contribution < -0.4 is 10.6 Å². The first-order valence-corrected chi connectivity index (χ1v) is 7.47. The number of nitrogens with one attached hydrogen (secondary N) is 2. The maximum Gasteiger partial charge on any atom is 0.322 e. The van der Waals surface area contributed by atoms with E-state index in [1.54, 1.807) is 0 Å². The van der Waals surface area contributed by atoms with Crippen LogP contribution in [0.25, 0.3) is 0 Å². The van der Waals surface area contributed by atoms with E-state index in [2.05, 4.69) is 50.5 Å². The molecule has 1 aliphatic heterocycles. The largest absolute Gasteiger partial charge is 0.322 e. The van der Waals surface area contributed by atoms with Crippen molar-refractivity contribution in [3.8, 4) is 0 Å². The average molecular weight is 286 g/mol. The van der Waals surface area contributed by atoms with Gasteiger partial charge >= 0.3 is 6.03 Å². The zero-order valence-electron chi connectivity index (χ0n) is 13.0. The summed E-state index contributed by atoms with van der Waals surface area (Å²) in [6.45, 7) is 9.03. The van der Waals surface area contributed by atoms with Gasteiger partial charge < -0.3 is 5.32 Å². The van der Waals surface area contributed by atoms with Crippen molar-refractivity contribution in [3.05, 3.63) is 34.9 Å². The van der Waals surface area contributed by atoms with E-state index in [0.29, 0.717) is 0 Å². The predicted octanol–water partition coefficient (Wildman–Crippen LogP) is 2.92. The van der Waals surface area contributed by atoms with Crippen LogP contribution in [0.15, 0.2) is 18.2 Å². The minimum absolute atomic E-state index is 0.0972. The highest BCUT2D eigenvalue weighted by atomic mass is 16.2. The fourth-order valence-corrected chi connectivity index (χ4v) is 3.44. The molecule has 1 aromatic rings. The molecule has 3 rings (SSSR count). The van der Waals surface area contributed by atoms with Crippen molar-refractivity contribution in [2.45, 2.75) is 57.4 Å². The fraction of sp³-hybridized carbons (Fsp3) is 0.529. The summed E-state index contributed by atoms with van der Waals surface area (Å²) in [5, 5.41) is 4.97. The number of carbonyl (C=O) groups excluding carboxylic acids is 2. The molecule has 1 aliphatic carbocycles. The summed E-state index contributed by atoms with van der Waals surface area (Å²) in [5.74, 6) is -0.271. The minimum atomic E-state index is -0.566. The zero-order chi connectivity index (χ0) is 15.4. The van der Waals surface area contributed by atoms with E-state index in [0.717, 1.165) is 18.4 Å². The second kappa shape index (κ2) is 4.33. The van der Waals surface area contributed by atoms with Crippen LogP contribution >= 0.6 is 0 Å². The summed E-state index contributed by atoms with van der Waals surface area (Å²) in [5.41, 5.74) is 3.77. The molecule has 2 N–H and O–H groups in total. The highest BCUT2D eigenvalue weighted by Gasteiger charge is 2.38. The molecule has 0 aromatic heterocycles. The second-order valence-corrected chi connectivity index (χ2v) is 7.47. The predicted molar refractivity (Wildman–Crippen MR) is 81.1 cm³/mol. The molecule has 0 bridgehead atoms. The number of hydrogen-bond donors (Lipinski definition) is 2. The van der Waals surface area contributed by atoms with Gasteiger partial charge in [-0.05, 0) is 40.4 Å². The van der Waals surface area contributed by atoms with Crippen LogP contribution in [0.2, 0.25) is 0 Å². The van der Waals surface area contributed by atoms with Crippen LogP contribution in [0.5, 0.6) is 0 Å². The highest BCUT2D eigenvalue weighted by molar-refractivity contribution is 6.04. The molecule has 112 valence electrons. The summed E-state index contributed by atoms with van der Waals surface area (Å²) >= 11 is 0. The highest BCUT2D eigenvalue weighted by Crippen LogP contribution is 2.46. The lowest BCUT2D eigenvalue weighted by atomic mass is 9.63. The second-order valence-electron chi connectivity index (χ2n) is 7.47. The topological polar surface area (TPSA) is 58.2 Å². The molecule has 1 aromatic carbocycles. The third-order valence-corrected chi connectivity index (χ3v) is 4.98. The van der Waals surface area contributed by atoms with Crippen molar-refractivity contribution >= 4 is 11.9 Å². The van der Waals surface area contributed by atoms with Gasteiger partial charge in [0.1, 0.15) is 6.04 Å². The molecule has 4 heteroatoms. The molecular weight excluding hydrogens is 264 g/mol. The van der Waals surface area contributed by atoms with Gasteiger partial charge in [0, 0.05) is 0 Å². The van der Waals surface area contributed by atoms with Crippen molar-refractivity contribution < 1.29 is 9.59 Å². The zero-order valence-corrected chi connectivity index (χ0v) is 13.0. The number of rotatable bonds is 1. The van der Waals surface area contributed by atoms with Gasteiger partial charge in [-0.3, -0.25) is 10.1 Å². The van der Waals surface area contributed by atoms with Gasteiger partial charge in [0.2, 0.25) is 0 Å². The summed E-state index contributed by atoms with van der Waals surface area (Å²) < 4.78 is 0. The van der Waals surface area contributed by atoms with Crippen molar-refractivity contribution in [1.82, 2.24) is 10.6 Å². The lowest BCUT2D eigenvalue weighted by Gasteiger charge is -2.42. The van der Waals surface area contributed by atoms with Crippen LogP contribution in [-0.2, 0) is 15.6 Å². The summed E-state index contributed by atoms with van der Waals surface area (Å²) in [4.78, 5) is 23.2. The number of carbonyl (C=O) groups is 2. The lowest BCUT2D eigenvalue weighted by molar-refractivity contribution is -0.120. The van der Waals surface area contributed by atoms with Gasteiger partial charge in [-0.25, -0.2) is 4.79 Å². The number of hydrogen-bond acceptors (Lipinski definition) is 2. The van der Waals surface area contributed by atoms with Gasteiger partial charge in [-0.15, -0.1) is 0 Å². The molecule has 1 heterocycles.